The minimum atomic E-state index is 0.353. The van der Waals surface area contributed by atoms with Crippen LogP contribution in [0.25, 0.3) is 0 Å². The third kappa shape index (κ3) is 2.88. The maximum absolute atomic E-state index is 11.0. The molecule has 80 valence electrons. The first-order chi connectivity index (χ1) is 7.24. The topological polar surface area (TPSA) is 34.1 Å². The van der Waals surface area contributed by atoms with Gasteiger partial charge in [0.1, 0.15) is 11.6 Å². The minimum absolute atomic E-state index is 0.353. The van der Waals surface area contributed by atoms with Crippen LogP contribution in [0.4, 0.5) is 0 Å². The molecule has 0 aromatic heterocycles. The molecule has 0 saturated heterocycles. The molecular formula is C13H16O2. The largest absolute Gasteiger partial charge is 0.299 e. The number of hydrogen-bond donors (Lipinski definition) is 0. The Morgan fingerprint density at radius 3 is 1.60 bits per heavy atom. The summed E-state index contributed by atoms with van der Waals surface area (Å²) in [6.07, 6.45) is 9.61. The Morgan fingerprint density at radius 1 is 0.800 bits per heavy atom. The van der Waals surface area contributed by atoms with Gasteiger partial charge in [-0.2, -0.15) is 0 Å². The van der Waals surface area contributed by atoms with Crippen molar-refractivity contribution in [1.29, 1.82) is 0 Å². The molecule has 0 amide bonds. The van der Waals surface area contributed by atoms with E-state index >= 15 is 0 Å². The van der Waals surface area contributed by atoms with E-state index in [0.29, 0.717) is 37.2 Å². The van der Waals surface area contributed by atoms with Crippen molar-refractivity contribution in [2.24, 2.45) is 0 Å². The molecule has 2 rings (SSSR count). The normalized spacial score (nSPS) is 22.4. The van der Waals surface area contributed by atoms with Crippen LogP contribution in [0.3, 0.4) is 0 Å². The number of carbonyl (C=O) groups is 2. The van der Waals surface area contributed by atoms with Gasteiger partial charge in [-0.15, -0.1) is 0 Å². The van der Waals surface area contributed by atoms with E-state index in [4.69, 9.17) is 0 Å². The van der Waals surface area contributed by atoms with E-state index in [2.05, 4.69) is 12.2 Å². The number of allylic oxidation sites excluding steroid dienone is 4. The average molecular weight is 204 g/mol. The highest BCUT2D eigenvalue weighted by Gasteiger charge is 2.14. The summed E-state index contributed by atoms with van der Waals surface area (Å²) < 4.78 is 0. The summed E-state index contributed by atoms with van der Waals surface area (Å²) in [5, 5.41) is 0. The third-order valence-corrected chi connectivity index (χ3v) is 3.14. The minimum Gasteiger partial charge on any atom is -0.299 e. The molecule has 0 bridgehead atoms. The van der Waals surface area contributed by atoms with Crippen LogP contribution in [0.2, 0.25) is 0 Å². The van der Waals surface area contributed by atoms with Crippen LogP contribution in [-0.2, 0) is 9.59 Å². The van der Waals surface area contributed by atoms with Gasteiger partial charge >= 0.3 is 0 Å². The molecule has 0 fully saturated rings. The van der Waals surface area contributed by atoms with Crippen LogP contribution >= 0.6 is 0 Å². The molecule has 2 aliphatic carbocycles. The van der Waals surface area contributed by atoms with Crippen molar-refractivity contribution in [2.75, 3.05) is 0 Å². The summed E-state index contributed by atoms with van der Waals surface area (Å²) in [7, 11) is 0. The molecule has 0 unspecified atom stereocenters. The number of carbonyl (C=O) groups excluding carboxylic acids is 2. The molecule has 2 aliphatic rings. The van der Waals surface area contributed by atoms with Crippen molar-refractivity contribution in [3.05, 3.63) is 23.3 Å². The highest BCUT2D eigenvalue weighted by atomic mass is 16.1. The number of Topliss-reactive ketones (excluding diaryl/α,β-unsaturated/α-hetero) is 2. The predicted molar refractivity (Wildman–Crippen MR) is 58.5 cm³/mol. The van der Waals surface area contributed by atoms with Gasteiger partial charge in [0.2, 0.25) is 0 Å². The Hall–Kier alpha value is -1.18. The zero-order chi connectivity index (χ0) is 10.7. The van der Waals surface area contributed by atoms with E-state index in [-0.39, 0.29) is 0 Å². The summed E-state index contributed by atoms with van der Waals surface area (Å²) in [5.41, 5.74) is 2.77. The first kappa shape index (κ1) is 10.3. The first-order valence-corrected chi connectivity index (χ1v) is 5.63. The van der Waals surface area contributed by atoms with E-state index in [1.807, 2.05) is 0 Å². The fraction of sp³-hybridized carbons (Fsp3) is 0.538. The van der Waals surface area contributed by atoms with Crippen molar-refractivity contribution >= 4 is 11.6 Å². The maximum atomic E-state index is 11.0. The highest BCUT2D eigenvalue weighted by molar-refractivity contribution is 5.82. The standard InChI is InChI=1S/C13H16O2/c14-12-5-1-10(2-6-12)9-11-3-7-13(15)8-4-11/h1,3H,2,4-9H2. The third-order valence-electron chi connectivity index (χ3n) is 3.14. The van der Waals surface area contributed by atoms with Crippen molar-refractivity contribution < 1.29 is 9.59 Å². The lowest BCUT2D eigenvalue weighted by Gasteiger charge is -2.16. The van der Waals surface area contributed by atoms with Gasteiger partial charge in [-0.05, 0) is 19.3 Å². The van der Waals surface area contributed by atoms with Gasteiger partial charge in [-0.25, -0.2) is 0 Å². The first-order valence-electron chi connectivity index (χ1n) is 5.63. The highest BCUT2D eigenvalue weighted by Crippen LogP contribution is 2.26. The van der Waals surface area contributed by atoms with Gasteiger partial charge in [0.25, 0.3) is 0 Å². The molecule has 0 N–H and O–H groups in total. The molecule has 15 heavy (non-hydrogen) atoms. The zero-order valence-electron chi connectivity index (χ0n) is 8.92. The van der Waals surface area contributed by atoms with Gasteiger partial charge in [-0.3, -0.25) is 9.59 Å². The molecule has 0 aromatic carbocycles. The Bertz CT molecular complexity index is 314. The van der Waals surface area contributed by atoms with Crippen molar-refractivity contribution in [3.8, 4) is 0 Å². The molecule has 0 heterocycles. The van der Waals surface area contributed by atoms with Crippen molar-refractivity contribution in [2.45, 2.75) is 44.9 Å². The second kappa shape index (κ2) is 4.56. The number of hydrogen-bond acceptors (Lipinski definition) is 2. The van der Waals surface area contributed by atoms with Gasteiger partial charge in [0.15, 0.2) is 0 Å². The van der Waals surface area contributed by atoms with Crippen LogP contribution in [0.15, 0.2) is 23.3 Å². The number of rotatable bonds is 2. The lowest BCUT2D eigenvalue weighted by atomic mass is 9.89. The SMILES string of the molecule is O=C1CC=C(CC2=CCC(=O)CC2)CC1. The number of ketones is 2. The molecule has 0 aromatic rings. The quantitative estimate of drug-likeness (QED) is 0.648. The van der Waals surface area contributed by atoms with Gasteiger partial charge in [0.05, 0.1) is 0 Å². The lowest BCUT2D eigenvalue weighted by molar-refractivity contribution is -0.119. The summed E-state index contributed by atoms with van der Waals surface area (Å²) >= 11 is 0. The van der Waals surface area contributed by atoms with E-state index in [1.54, 1.807) is 0 Å². The van der Waals surface area contributed by atoms with Gasteiger partial charge < -0.3 is 0 Å². The van der Waals surface area contributed by atoms with Gasteiger partial charge in [0, 0.05) is 25.7 Å². The molecule has 2 nitrogen and oxygen atoms in total. The molecular weight excluding hydrogens is 188 g/mol. The Balaban J connectivity index is 1.92. The Kier molecular flexibility index (Phi) is 3.14. The van der Waals surface area contributed by atoms with Crippen molar-refractivity contribution in [1.82, 2.24) is 0 Å². The monoisotopic (exact) mass is 204 g/mol. The summed E-state index contributed by atoms with van der Waals surface area (Å²) in [5.74, 6) is 0.707. The lowest BCUT2D eigenvalue weighted by Crippen LogP contribution is -2.07. The predicted octanol–water partition coefficient (Wildman–Crippen LogP) is 2.74. The van der Waals surface area contributed by atoms with Crippen LogP contribution in [0.1, 0.15) is 44.9 Å². The fourth-order valence-electron chi connectivity index (χ4n) is 2.14. The smallest absolute Gasteiger partial charge is 0.136 e. The van der Waals surface area contributed by atoms with Crippen LogP contribution in [0.5, 0.6) is 0 Å². The molecule has 0 aliphatic heterocycles. The fourth-order valence-corrected chi connectivity index (χ4v) is 2.14. The van der Waals surface area contributed by atoms with Crippen LogP contribution in [-0.4, -0.2) is 11.6 Å². The Labute approximate surface area is 90.1 Å². The zero-order valence-corrected chi connectivity index (χ0v) is 8.92. The van der Waals surface area contributed by atoms with E-state index in [1.165, 1.54) is 11.1 Å². The molecule has 0 radical (unpaired) electrons. The second-order valence-corrected chi connectivity index (χ2v) is 4.39. The van der Waals surface area contributed by atoms with Crippen LogP contribution < -0.4 is 0 Å². The van der Waals surface area contributed by atoms with E-state index < -0.39 is 0 Å². The van der Waals surface area contributed by atoms with E-state index in [9.17, 15) is 9.59 Å². The summed E-state index contributed by atoms with van der Waals surface area (Å²) in [4.78, 5) is 22.1. The summed E-state index contributed by atoms with van der Waals surface area (Å²) in [6, 6.07) is 0. The van der Waals surface area contributed by atoms with Crippen LogP contribution in [0, 0.1) is 0 Å². The molecule has 2 heteroatoms. The average Bonchev–Trinajstić information content (AvgIpc) is 2.25. The summed E-state index contributed by atoms with van der Waals surface area (Å²) in [6.45, 7) is 0. The maximum Gasteiger partial charge on any atom is 0.136 e. The van der Waals surface area contributed by atoms with Crippen molar-refractivity contribution in [3.63, 3.8) is 0 Å². The van der Waals surface area contributed by atoms with Gasteiger partial charge in [-0.1, -0.05) is 23.3 Å². The molecule has 0 atom stereocenters. The molecule has 0 spiro atoms. The molecule has 0 saturated carbocycles. The van der Waals surface area contributed by atoms with E-state index in [0.717, 1.165) is 19.3 Å². The second-order valence-electron chi connectivity index (χ2n) is 4.39. The Morgan fingerprint density at radius 2 is 1.27 bits per heavy atom.